The maximum absolute atomic E-state index is 14.6. The number of methoxy groups -OCH3 is 2. The minimum atomic E-state index is -0.800. The molecule has 2 aromatic rings. The molecule has 1 heterocycles. The second kappa shape index (κ2) is 24.9. The molecule has 2 aromatic carbocycles. The summed E-state index contributed by atoms with van der Waals surface area (Å²) in [5.74, 6) is -1.82. The van der Waals surface area contributed by atoms with Crippen LogP contribution in [-0.4, -0.2) is 135 Å². The summed E-state index contributed by atoms with van der Waals surface area (Å²) in [4.78, 5) is 74.0. The Kier molecular flexibility index (Phi) is 20.9. The lowest BCUT2D eigenvalue weighted by molar-refractivity contribution is -0.148. The number of rotatable bonds is 25. The molecule has 9 atom stereocenters. The number of anilines is 1. The van der Waals surface area contributed by atoms with E-state index in [0.29, 0.717) is 25.9 Å². The van der Waals surface area contributed by atoms with Crippen LogP contribution in [0.4, 0.5) is 5.69 Å². The van der Waals surface area contributed by atoms with Crippen LogP contribution >= 0.6 is 0 Å². The second-order valence-electron chi connectivity index (χ2n) is 17.6. The van der Waals surface area contributed by atoms with Gasteiger partial charge in [-0.3, -0.25) is 24.1 Å². The van der Waals surface area contributed by atoms with Crippen LogP contribution in [0.25, 0.3) is 0 Å². The van der Waals surface area contributed by atoms with Crippen molar-refractivity contribution in [3.63, 3.8) is 0 Å². The van der Waals surface area contributed by atoms with E-state index in [9.17, 15) is 24.0 Å². The molecule has 0 unspecified atom stereocenters. The standard InChI is InChI=1S/C48H76N6O7/c1-13-33(6)44(53(10)48(59)42(31(2)3)51-47(58)43(32(4)5)52(9)27-25-35-21-23-37(49-8)24-22-35)40(60-11)29-41(56)54-26-17-20-39(54)45(61-12)34(7)46(57)50-38(30-55)28-36-18-15-14-16-19-36/h14-16,18-19,21-24,30-34,38-40,42-45,49H,13,17,20,25-29H2,1-12H3,(H,50,57)(H,51,58)/t33-,34+,38-,39-,40+,42-,43-,44-,45+/m0/s1. The van der Waals surface area contributed by atoms with Gasteiger partial charge >= 0.3 is 0 Å². The summed E-state index contributed by atoms with van der Waals surface area (Å²) < 4.78 is 12.0. The van der Waals surface area contributed by atoms with Crippen molar-refractivity contribution in [3.8, 4) is 0 Å². The summed E-state index contributed by atoms with van der Waals surface area (Å²) in [6.45, 7) is 14.9. The van der Waals surface area contributed by atoms with Crippen molar-refractivity contribution in [2.75, 3.05) is 53.8 Å². The first-order chi connectivity index (χ1) is 29.0. The van der Waals surface area contributed by atoms with E-state index in [1.54, 1.807) is 38.0 Å². The molecule has 0 aliphatic carbocycles. The van der Waals surface area contributed by atoms with Crippen LogP contribution in [0, 0.1) is 23.7 Å². The van der Waals surface area contributed by atoms with Gasteiger partial charge in [0.1, 0.15) is 12.3 Å². The zero-order chi connectivity index (χ0) is 45.4. The molecule has 3 N–H and O–H groups in total. The molecular formula is C48H76N6O7. The van der Waals surface area contributed by atoms with Crippen molar-refractivity contribution in [1.82, 2.24) is 25.3 Å². The molecule has 0 spiro atoms. The molecule has 13 heteroatoms. The number of nitrogens with one attached hydrogen (secondary N) is 3. The zero-order valence-electron chi connectivity index (χ0n) is 39.0. The fourth-order valence-corrected chi connectivity index (χ4v) is 8.89. The van der Waals surface area contributed by atoms with Gasteiger partial charge < -0.3 is 40.0 Å². The third kappa shape index (κ3) is 14.1. The topological polar surface area (TPSA) is 150 Å². The molecule has 1 aliphatic rings. The highest BCUT2D eigenvalue weighted by Crippen LogP contribution is 2.30. The molecule has 61 heavy (non-hydrogen) atoms. The Hall–Kier alpha value is -4.33. The highest BCUT2D eigenvalue weighted by Gasteiger charge is 2.43. The maximum Gasteiger partial charge on any atom is 0.245 e. The van der Waals surface area contributed by atoms with Crippen molar-refractivity contribution in [3.05, 3.63) is 65.7 Å². The fourth-order valence-electron chi connectivity index (χ4n) is 8.89. The number of hydrogen-bond donors (Lipinski definition) is 3. The molecule has 340 valence electrons. The zero-order valence-corrected chi connectivity index (χ0v) is 39.0. The Morgan fingerprint density at radius 1 is 0.869 bits per heavy atom. The van der Waals surface area contributed by atoms with Crippen LogP contribution in [-0.2, 0) is 46.3 Å². The molecule has 1 aliphatic heterocycles. The minimum Gasteiger partial charge on any atom is -0.388 e. The van der Waals surface area contributed by atoms with Gasteiger partial charge in [0, 0.05) is 47.1 Å². The summed E-state index contributed by atoms with van der Waals surface area (Å²) in [5, 5.41) is 9.15. The van der Waals surface area contributed by atoms with E-state index < -0.39 is 42.3 Å². The monoisotopic (exact) mass is 849 g/mol. The van der Waals surface area contributed by atoms with Crippen LogP contribution in [0.5, 0.6) is 0 Å². The average Bonchev–Trinajstić information content (AvgIpc) is 3.74. The first kappa shape index (κ1) is 51.0. The van der Waals surface area contributed by atoms with Gasteiger partial charge in [-0.25, -0.2) is 0 Å². The summed E-state index contributed by atoms with van der Waals surface area (Å²) >= 11 is 0. The fraction of sp³-hybridized carbons (Fsp3) is 0.646. The molecular weight excluding hydrogens is 773 g/mol. The summed E-state index contributed by atoms with van der Waals surface area (Å²) in [7, 11) is 8.70. The lowest BCUT2D eigenvalue weighted by Gasteiger charge is -2.41. The van der Waals surface area contributed by atoms with Gasteiger partial charge in [-0.1, -0.05) is 97.4 Å². The largest absolute Gasteiger partial charge is 0.388 e. The third-order valence-corrected chi connectivity index (χ3v) is 12.7. The predicted octanol–water partition coefficient (Wildman–Crippen LogP) is 5.21. The average molecular weight is 849 g/mol. The molecule has 13 nitrogen and oxygen atoms in total. The lowest BCUT2D eigenvalue weighted by Crippen LogP contribution is -2.60. The van der Waals surface area contributed by atoms with E-state index in [0.717, 1.165) is 36.8 Å². The normalized spacial score (nSPS) is 18.1. The van der Waals surface area contributed by atoms with Crippen LogP contribution in [0.1, 0.15) is 85.3 Å². The SMILES string of the molecule is CC[C@H](C)[C@@H]([C@@H](CC(=O)N1CCC[C@H]1[C@H](OC)[C@@H](C)C(=O)N[C@H](C=O)Cc1ccccc1)OC)N(C)C(=O)[C@@H](NC(=O)[C@H](C(C)C)N(C)CCc1ccc(NC)cc1)C(C)C. The number of hydrogen-bond acceptors (Lipinski definition) is 9. The number of carbonyl (C=O) groups excluding carboxylic acids is 5. The van der Waals surface area contributed by atoms with Gasteiger partial charge in [-0.15, -0.1) is 0 Å². The maximum atomic E-state index is 14.6. The van der Waals surface area contributed by atoms with Gasteiger partial charge in [0.2, 0.25) is 23.6 Å². The van der Waals surface area contributed by atoms with Gasteiger partial charge in [-0.05, 0) is 73.7 Å². The molecule has 4 amide bonds. The van der Waals surface area contributed by atoms with Gasteiger partial charge in [0.15, 0.2) is 0 Å². The van der Waals surface area contributed by atoms with Crippen LogP contribution in [0.3, 0.4) is 0 Å². The van der Waals surface area contributed by atoms with E-state index in [4.69, 9.17) is 9.47 Å². The van der Waals surface area contributed by atoms with E-state index in [-0.39, 0.29) is 53.8 Å². The minimum absolute atomic E-state index is 0.00792. The predicted molar refractivity (Wildman–Crippen MR) is 242 cm³/mol. The number of likely N-dealkylation sites (tertiary alicyclic amines) is 1. The quantitative estimate of drug-likeness (QED) is 0.115. The van der Waals surface area contributed by atoms with E-state index in [1.165, 1.54) is 5.56 Å². The van der Waals surface area contributed by atoms with Crippen molar-refractivity contribution in [2.45, 2.75) is 129 Å². The number of carbonyl (C=O) groups is 5. The highest BCUT2D eigenvalue weighted by atomic mass is 16.5. The number of ether oxygens (including phenoxy) is 2. The Balaban J connectivity index is 1.75. The molecule has 0 aromatic heterocycles. The first-order valence-corrected chi connectivity index (χ1v) is 22.2. The van der Waals surface area contributed by atoms with E-state index in [1.807, 2.05) is 98.1 Å². The second-order valence-corrected chi connectivity index (χ2v) is 17.6. The molecule has 1 saturated heterocycles. The Bertz CT molecular complexity index is 1670. The molecule has 0 radical (unpaired) electrons. The van der Waals surface area contributed by atoms with Crippen molar-refractivity contribution in [2.24, 2.45) is 23.7 Å². The number of benzene rings is 2. The summed E-state index contributed by atoms with van der Waals surface area (Å²) in [5.41, 5.74) is 3.15. The molecule has 0 saturated carbocycles. The third-order valence-electron chi connectivity index (χ3n) is 12.7. The summed E-state index contributed by atoms with van der Waals surface area (Å²) in [6, 6.07) is 15.0. The number of likely N-dealkylation sites (N-methyl/N-ethyl adjacent to an activating group) is 2. The van der Waals surface area contributed by atoms with E-state index >= 15 is 0 Å². The Morgan fingerprint density at radius 2 is 1.52 bits per heavy atom. The molecule has 0 bridgehead atoms. The smallest absolute Gasteiger partial charge is 0.245 e. The summed E-state index contributed by atoms with van der Waals surface area (Å²) in [6.07, 6.45) is 2.77. The van der Waals surface area contributed by atoms with Gasteiger partial charge in [0.25, 0.3) is 0 Å². The molecule has 3 rings (SSSR count). The van der Waals surface area contributed by atoms with E-state index in [2.05, 4.69) is 33.0 Å². The number of aldehydes is 1. The first-order valence-electron chi connectivity index (χ1n) is 22.2. The van der Waals surface area contributed by atoms with Crippen molar-refractivity contribution < 1.29 is 33.4 Å². The van der Waals surface area contributed by atoms with Crippen molar-refractivity contribution in [1.29, 1.82) is 0 Å². The van der Waals surface area contributed by atoms with Gasteiger partial charge in [-0.2, -0.15) is 0 Å². The van der Waals surface area contributed by atoms with Crippen LogP contribution in [0.2, 0.25) is 0 Å². The van der Waals surface area contributed by atoms with Gasteiger partial charge in [0.05, 0.1) is 48.7 Å². The van der Waals surface area contributed by atoms with Crippen molar-refractivity contribution >= 4 is 35.6 Å². The number of amides is 4. The highest BCUT2D eigenvalue weighted by molar-refractivity contribution is 5.90. The Labute approximate surface area is 366 Å². The molecule has 1 fully saturated rings. The van der Waals surface area contributed by atoms with Crippen LogP contribution < -0.4 is 16.0 Å². The van der Waals surface area contributed by atoms with Crippen LogP contribution in [0.15, 0.2) is 54.6 Å². The Morgan fingerprint density at radius 3 is 2.07 bits per heavy atom. The number of nitrogens with zero attached hydrogens (tertiary/aromatic N) is 3. The lowest BCUT2D eigenvalue weighted by atomic mass is 9.89.